The van der Waals surface area contributed by atoms with Crippen LogP contribution in [0.3, 0.4) is 0 Å². The molecule has 3 N–H and O–H groups in total. The van der Waals surface area contributed by atoms with Gasteiger partial charge in [-0.2, -0.15) is 0 Å². The number of carbonyl (C=O) groups is 1. The van der Waals surface area contributed by atoms with Gasteiger partial charge in [-0.05, 0) is 30.2 Å². The van der Waals surface area contributed by atoms with Gasteiger partial charge in [0.25, 0.3) is 5.91 Å². The fourth-order valence-corrected chi connectivity index (χ4v) is 2.20. The van der Waals surface area contributed by atoms with Gasteiger partial charge in [0.15, 0.2) is 6.61 Å². The van der Waals surface area contributed by atoms with Crippen molar-refractivity contribution in [1.82, 2.24) is 5.32 Å². The standard InChI is InChI=1S/C17H22N2O2/c1-3-12(2)19-10-15-14-7-5-4-6-13(14)8-9-16(15)21-11-17(18)20/h4-9,12,19H,3,10-11H2,1-2H3,(H2,18,20). The van der Waals surface area contributed by atoms with Crippen LogP contribution >= 0.6 is 0 Å². The zero-order chi connectivity index (χ0) is 15.2. The normalized spacial score (nSPS) is 12.3. The van der Waals surface area contributed by atoms with E-state index in [1.165, 1.54) is 0 Å². The highest BCUT2D eigenvalue weighted by Gasteiger charge is 2.10. The van der Waals surface area contributed by atoms with E-state index in [2.05, 4.69) is 31.3 Å². The first-order chi connectivity index (χ1) is 10.1. The number of rotatable bonds is 7. The fraction of sp³-hybridized carbons (Fsp3) is 0.353. The smallest absolute Gasteiger partial charge is 0.255 e. The Morgan fingerprint density at radius 1 is 1.29 bits per heavy atom. The lowest BCUT2D eigenvalue weighted by atomic mass is 10.0. The Hall–Kier alpha value is -2.07. The summed E-state index contributed by atoms with van der Waals surface area (Å²) in [6.07, 6.45) is 1.06. The number of amides is 1. The number of ether oxygens (including phenoxy) is 1. The first-order valence-electron chi connectivity index (χ1n) is 7.27. The highest BCUT2D eigenvalue weighted by atomic mass is 16.5. The molecule has 0 heterocycles. The Bertz CT molecular complexity index is 625. The van der Waals surface area contributed by atoms with Crippen molar-refractivity contribution in [1.29, 1.82) is 0 Å². The van der Waals surface area contributed by atoms with Crippen LogP contribution in [0.5, 0.6) is 5.75 Å². The molecule has 0 aliphatic rings. The minimum absolute atomic E-state index is 0.103. The van der Waals surface area contributed by atoms with Crippen LogP contribution in [0.1, 0.15) is 25.8 Å². The van der Waals surface area contributed by atoms with Crippen LogP contribution < -0.4 is 15.8 Å². The molecule has 2 rings (SSSR count). The van der Waals surface area contributed by atoms with E-state index in [-0.39, 0.29) is 6.61 Å². The molecule has 1 unspecified atom stereocenters. The minimum Gasteiger partial charge on any atom is -0.483 e. The molecule has 0 bridgehead atoms. The predicted molar refractivity (Wildman–Crippen MR) is 85.2 cm³/mol. The van der Waals surface area contributed by atoms with Crippen molar-refractivity contribution in [3.05, 3.63) is 42.0 Å². The number of primary amides is 1. The van der Waals surface area contributed by atoms with E-state index in [4.69, 9.17) is 10.5 Å². The summed E-state index contributed by atoms with van der Waals surface area (Å²) in [7, 11) is 0. The van der Waals surface area contributed by atoms with Crippen molar-refractivity contribution >= 4 is 16.7 Å². The Labute approximate surface area is 125 Å². The summed E-state index contributed by atoms with van der Waals surface area (Å²) in [6, 6.07) is 12.5. The molecule has 1 atom stereocenters. The van der Waals surface area contributed by atoms with Crippen molar-refractivity contribution in [2.75, 3.05) is 6.61 Å². The first-order valence-corrected chi connectivity index (χ1v) is 7.27. The lowest BCUT2D eigenvalue weighted by Gasteiger charge is -2.17. The number of hydrogen-bond donors (Lipinski definition) is 2. The fourth-order valence-electron chi connectivity index (χ4n) is 2.20. The van der Waals surface area contributed by atoms with Gasteiger partial charge in [0.05, 0.1) is 0 Å². The Kier molecular flexibility index (Phi) is 5.17. The van der Waals surface area contributed by atoms with Crippen molar-refractivity contribution in [2.45, 2.75) is 32.9 Å². The highest BCUT2D eigenvalue weighted by molar-refractivity contribution is 5.88. The number of nitrogens with two attached hydrogens (primary N) is 1. The molecule has 4 nitrogen and oxygen atoms in total. The van der Waals surface area contributed by atoms with Gasteiger partial charge >= 0.3 is 0 Å². The molecule has 0 aromatic heterocycles. The van der Waals surface area contributed by atoms with Crippen LogP contribution in [0.25, 0.3) is 10.8 Å². The monoisotopic (exact) mass is 286 g/mol. The van der Waals surface area contributed by atoms with Gasteiger partial charge in [-0.15, -0.1) is 0 Å². The zero-order valence-electron chi connectivity index (χ0n) is 12.6. The molecule has 0 fully saturated rings. The molecular formula is C17H22N2O2. The van der Waals surface area contributed by atoms with Crippen LogP contribution in [-0.4, -0.2) is 18.6 Å². The molecule has 0 saturated heterocycles. The van der Waals surface area contributed by atoms with Crippen molar-refractivity contribution in [3.8, 4) is 5.75 Å². The third-order valence-electron chi connectivity index (χ3n) is 3.61. The molecule has 0 aliphatic heterocycles. The first kappa shape index (κ1) is 15.3. The number of hydrogen-bond acceptors (Lipinski definition) is 3. The minimum atomic E-state index is -0.469. The van der Waals surface area contributed by atoms with Crippen LogP contribution in [-0.2, 0) is 11.3 Å². The Morgan fingerprint density at radius 2 is 2.05 bits per heavy atom. The van der Waals surface area contributed by atoms with E-state index >= 15 is 0 Å². The summed E-state index contributed by atoms with van der Waals surface area (Å²) in [6.45, 7) is 4.89. The van der Waals surface area contributed by atoms with E-state index in [0.29, 0.717) is 18.3 Å². The molecule has 21 heavy (non-hydrogen) atoms. The number of nitrogens with one attached hydrogen (secondary N) is 1. The molecule has 112 valence electrons. The molecular weight excluding hydrogens is 264 g/mol. The molecule has 0 saturated carbocycles. The van der Waals surface area contributed by atoms with Crippen molar-refractivity contribution < 1.29 is 9.53 Å². The Morgan fingerprint density at radius 3 is 2.76 bits per heavy atom. The average Bonchev–Trinajstić information content (AvgIpc) is 2.50. The maximum atomic E-state index is 10.9. The summed E-state index contributed by atoms with van der Waals surface area (Å²) in [5.74, 6) is 0.243. The van der Waals surface area contributed by atoms with Crippen molar-refractivity contribution in [2.24, 2.45) is 5.73 Å². The number of benzene rings is 2. The quantitative estimate of drug-likeness (QED) is 0.822. The summed E-state index contributed by atoms with van der Waals surface area (Å²) in [5, 5.41) is 5.76. The number of fused-ring (bicyclic) bond motifs is 1. The lowest BCUT2D eigenvalue weighted by molar-refractivity contribution is -0.119. The van der Waals surface area contributed by atoms with Gasteiger partial charge in [-0.1, -0.05) is 37.3 Å². The Balaban J connectivity index is 2.34. The largest absolute Gasteiger partial charge is 0.483 e. The van der Waals surface area contributed by atoms with Gasteiger partial charge in [-0.25, -0.2) is 0 Å². The molecule has 0 radical (unpaired) electrons. The van der Waals surface area contributed by atoms with Crippen LogP contribution in [0.4, 0.5) is 0 Å². The maximum Gasteiger partial charge on any atom is 0.255 e. The van der Waals surface area contributed by atoms with Crippen molar-refractivity contribution in [3.63, 3.8) is 0 Å². The van der Waals surface area contributed by atoms with E-state index in [9.17, 15) is 4.79 Å². The SMILES string of the molecule is CCC(C)NCc1c(OCC(N)=O)ccc2ccccc12. The average molecular weight is 286 g/mol. The highest BCUT2D eigenvalue weighted by Crippen LogP contribution is 2.28. The van der Waals surface area contributed by atoms with Crippen LogP contribution in [0.2, 0.25) is 0 Å². The number of carbonyl (C=O) groups excluding carboxylic acids is 1. The second-order valence-electron chi connectivity index (χ2n) is 5.21. The van der Waals surface area contributed by atoms with E-state index in [0.717, 1.165) is 22.8 Å². The lowest BCUT2D eigenvalue weighted by Crippen LogP contribution is -2.25. The van der Waals surface area contributed by atoms with Gasteiger partial charge in [0.1, 0.15) is 5.75 Å². The molecule has 2 aromatic rings. The summed E-state index contributed by atoms with van der Waals surface area (Å²) >= 11 is 0. The summed E-state index contributed by atoms with van der Waals surface area (Å²) in [5.41, 5.74) is 6.23. The van der Waals surface area contributed by atoms with E-state index < -0.39 is 5.91 Å². The van der Waals surface area contributed by atoms with Gasteiger partial charge in [0.2, 0.25) is 0 Å². The van der Waals surface area contributed by atoms with E-state index in [1.54, 1.807) is 0 Å². The molecule has 4 heteroatoms. The molecule has 2 aromatic carbocycles. The van der Waals surface area contributed by atoms with Gasteiger partial charge in [-0.3, -0.25) is 4.79 Å². The molecule has 0 spiro atoms. The second-order valence-corrected chi connectivity index (χ2v) is 5.21. The molecule has 1 amide bonds. The third kappa shape index (κ3) is 3.95. The third-order valence-corrected chi connectivity index (χ3v) is 3.61. The molecule has 0 aliphatic carbocycles. The second kappa shape index (κ2) is 7.09. The van der Waals surface area contributed by atoms with Crippen LogP contribution in [0.15, 0.2) is 36.4 Å². The summed E-state index contributed by atoms with van der Waals surface area (Å²) < 4.78 is 5.56. The van der Waals surface area contributed by atoms with Gasteiger partial charge < -0.3 is 15.8 Å². The maximum absolute atomic E-state index is 10.9. The van der Waals surface area contributed by atoms with Crippen LogP contribution in [0, 0.1) is 0 Å². The van der Waals surface area contributed by atoms with E-state index in [1.807, 2.05) is 24.3 Å². The predicted octanol–water partition coefficient (Wildman–Crippen LogP) is 2.59. The summed E-state index contributed by atoms with van der Waals surface area (Å²) in [4.78, 5) is 10.9. The van der Waals surface area contributed by atoms with Gasteiger partial charge in [0, 0.05) is 18.2 Å². The topological polar surface area (TPSA) is 64.3 Å². The zero-order valence-corrected chi connectivity index (χ0v) is 12.6.